The largest absolute Gasteiger partial charge is 3.00 e. The molecule has 0 aromatic heterocycles. The number of hydrogen-bond acceptors (Lipinski definition) is 3. The molecular weight excluding hydrogens is 327 g/mol. The summed E-state index contributed by atoms with van der Waals surface area (Å²) in [5.74, 6) is 0. The number of fused-ring (bicyclic) bond motifs is 1. The summed E-state index contributed by atoms with van der Waals surface area (Å²) in [5, 5.41) is 0. The number of hydrogen-bond donors (Lipinski definition) is 0. The Morgan fingerprint density at radius 3 is 2.40 bits per heavy atom. The summed E-state index contributed by atoms with van der Waals surface area (Å²) in [6.07, 6.45) is 1.78. The fraction of sp³-hybridized carbons (Fsp3) is 0.250. The van der Waals surface area contributed by atoms with E-state index in [0.29, 0.717) is 5.56 Å². The number of allylic oxidation sites excluding steroid dienone is 1. The first-order valence-electron chi connectivity index (χ1n) is 6.21. The maximum absolute atomic E-state index is 11.4. The van der Waals surface area contributed by atoms with Crippen LogP contribution in [-0.4, -0.2) is 7.05 Å². The summed E-state index contributed by atoms with van der Waals surface area (Å²) < 4.78 is 0. The Morgan fingerprint density at radius 2 is 1.85 bits per heavy atom. The van der Waals surface area contributed by atoms with Gasteiger partial charge < -0.3 is 14.5 Å². The molecule has 0 unspecified atom stereocenters. The first kappa shape index (κ1) is 15.3. The van der Waals surface area contributed by atoms with Gasteiger partial charge in [-0.1, -0.05) is 43.7 Å². The average molecular weight is 341 g/mol. The predicted molar refractivity (Wildman–Crippen MR) is 76.0 cm³/mol. The molecule has 0 aliphatic carbocycles. The monoisotopic (exact) mass is 341 g/mol. The molecule has 0 saturated carbocycles. The van der Waals surface area contributed by atoms with Crippen molar-refractivity contribution < 1.29 is 32.7 Å². The molecule has 1 heterocycles. The smallest absolute Gasteiger partial charge is 0.356 e. The van der Waals surface area contributed by atoms with Crippen LogP contribution >= 0.6 is 0 Å². The van der Waals surface area contributed by atoms with Crippen LogP contribution in [-0.2, 0) is 38.1 Å². The first-order chi connectivity index (χ1) is 8.93. The zero-order valence-corrected chi connectivity index (χ0v) is 14.6. The van der Waals surface area contributed by atoms with Gasteiger partial charge in [-0.05, 0) is 17.3 Å². The fourth-order valence-electron chi connectivity index (χ4n) is 2.79. The Balaban J connectivity index is 0.00000147. The van der Waals surface area contributed by atoms with E-state index in [4.69, 9.17) is 0 Å². The third-order valence-corrected chi connectivity index (χ3v) is 3.92. The van der Waals surface area contributed by atoms with Gasteiger partial charge in [-0.2, -0.15) is 0 Å². The molecule has 1 aliphatic heterocycles. The molecule has 2 aromatic carbocycles. The first-order valence-corrected chi connectivity index (χ1v) is 6.21. The molecule has 3 nitrogen and oxygen atoms in total. The van der Waals surface area contributed by atoms with Crippen molar-refractivity contribution in [1.82, 2.24) is 0 Å². The van der Waals surface area contributed by atoms with Crippen LogP contribution in [0.4, 0.5) is 5.69 Å². The fourth-order valence-corrected chi connectivity index (χ4v) is 2.79. The molecule has 4 heteroatoms. The minimum absolute atomic E-state index is 0. The molecule has 20 heavy (non-hydrogen) atoms. The number of anilines is 1. The molecule has 0 spiro atoms. The second-order valence-electron chi connectivity index (χ2n) is 5.43. The van der Waals surface area contributed by atoms with Gasteiger partial charge in [-0.25, -0.2) is 0 Å². The van der Waals surface area contributed by atoms with Gasteiger partial charge in [0.25, 0.3) is 0 Å². The van der Waals surface area contributed by atoms with Gasteiger partial charge in [0.2, 0.25) is 0 Å². The minimum atomic E-state index is -0.525. The van der Waals surface area contributed by atoms with E-state index in [-0.39, 0.29) is 38.1 Å². The summed E-state index contributed by atoms with van der Waals surface area (Å²) >= 11 is 0. The van der Waals surface area contributed by atoms with E-state index >= 15 is 0 Å². The average Bonchev–Trinajstić information content (AvgIpc) is 2.59. The molecule has 0 fully saturated rings. The van der Waals surface area contributed by atoms with E-state index in [1.807, 2.05) is 19.2 Å². The Labute approximate surface area is 142 Å². The summed E-state index contributed by atoms with van der Waals surface area (Å²) in [7, 11) is 1.98. The molecule has 0 bridgehead atoms. The van der Waals surface area contributed by atoms with E-state index in [0.717, 1.165) is 11.4 Å². The van der Waals surface area contributed by atoms with Crippen LogP contribution in [0.5, 0.6) is 0 Å². The van der Waals surface area contributed by atoms with E-state index in [9.17, 15) is 9.59 Å². The Bertz CT molecular complexity index is 767. The van der Waals surface area contributed by atoms with E-state index < -0.39 is 10.9 Å². The van der Waals surface area contributed by atoms with Crippen molar-refractivity contribution in [2.24, 2.45) is 0 Å². The molecule has 0 atom stereocenters. The van der Waals surface area contributed by atoms with Crippen molar-refractivity contribution in [3.63, 3.8) is 0 Å². The quantitative estimate of drug-likeness (QED) is 0.587. The molecule has 0 N–H and O–H groups in total. The number of likely N-dealkylation sites (N-methyl/N-ethyl adjacent to an activating group) is 1. The predicted octanol–water partition coefficient (Wildman–Crippen LogP) is 1.85. The number of para-hydroxylation sites is 1. The molecule has 2 aromatic rings. The van der Waals surface area contributed by atoms with Crippen molar-refractivity contribution in [2.45, 2.75) is 19.3 Å². The summed E-state index contributed by atoms with van der Waals surface area (Å²) in [6, 6.07) is 10.7. The SMILES string of the molecule is CN1/C(=C/c2[c-]c(=O)c2=O)C(C)(C)c2ccccc21.[Y+3]. The van der Waals surface area contributed by atoms with Gasteiger partial charge in [-0.15, -0.1) is 6.08 Å². The van der Waals surface area contributed by atoms with E-state index in [2.05, 4.69) is 36.9 Å². The van der Waals surface area contributed by atoms with Gasteiger partial charge in [0, 0.05) is 18.2 Å². The van der Waals surface area contributed by atoms with Gasteiger partial charge in [0.05, 0.1) is 0 Å². The third-order valence-electron chi connectivity index (χ3n) is 3.92. The van der Waals surface area contributed by atoms with Crippen LogP contribution in [0.15, 0.2) is 39.6 Å². The molecule has 0 amide bonds. The summed E-state index contributed by atoms with van der Waals surface area (Å²) in [5.41, 5.74) is 2.61. The van der Waals surface area contributed by atoms with Crippen LogP contribution in [0.3, 0.4) is 0 Å². The Hall–Kier alpha value is -1.06. The molecule has 0 radical (unpaired) electrons. The molecule has 3 rings (SSSR count). The number of nitrogens with zero attached hydrogens (tertiary/aromatic N) is 1. The zero-order valence-electron chi connectivity index (χ0n) is 11.7. The van der Waals surface area contributed by atoms with Gasteiger partial charge in [0.1, 0.15) is 10.9 Å². The standard InChI is InChI=1S/C16H14NO2.Y/c1-16(2)11-6-4-5-7-12(11)17(3)14(16)9-10-8-13(18)15(10)19;/h4-7,9H,1-3H3;/q-1;+3/b14-9+;. The maximum atomic E-state index is 11.4. The third kappa shape index (κ3) is 2.04. The van der Waals surface area contributed by atoms with Crippen LogP contribution in [0.2, 0.25) is 0 Å². The van der Waals surface area contributed by atoms with Crippen LogP contribution in [0, 0.1) is 6.07 Å². The minimum Gasteiger partial charge on any atom is -0.356 e. The van der Waals surface area contributed by atoms with E-state index in [1.165, 1.54) is 5.56 Å². The van der Waals surface area contributed by atoms with Crippen molar-refractivity contribution >= 4 is 11.8 Å². The Morgan fingerprint density at radius 1 is 1.20 bits per heavy atom. The second-order valence-corrected chi connectivity index (χ2v) is 5.43. The van der Waals surface area contributed by atoms with Crippen molar-refractivity contribution in [3.8, 4) is 0 Å². The van der Waals surface area contributed by atoms with Crippen LogP contribution < -0.4 is 15.8 Å². The zero-order chi connectivity index (χ0) is 13.8. The summed E-state index contributed by atoms with van der Waals surface area (Å²) in [6.45, 7) is 4.24. The van der Waals surface area contributed by atoms with Crippen molar-refractivity contribution in [3.05, 3.63) is 67.6 Å². The molecular formula is C16H14NO2Y+2. The van der Waals surface area contributed by atoms with Gasteiger partial charge in [0.15, 0.2) is 0 Å². The normalized spacial score (nSPS) is 18.1. The van der Waals surface area contributed by atoms with Crippen LogP contribution in [0.25, 0.3) is 6.08 Å². The number of rotatable bonds is 1. The number of benzene rings is 1. The molecule has 96 valence electrons. The van der Waals surface area contributed by atoms with Gasteiger partial charge in [-0.3, -0.25) is 0 Å². The maximum Gasteiger partial charge on any atom is 3.00 e. The van der Waals surface area contributed by atoms with E-state index in [1.54, 1.807) is 6.08 Å². The summed E-state index contributed by atoms with van der Waals surface area (Å²) in [4.78, 5) is 24.4. The van der Waals surface area contributed by atoms with Crippen molar-refractivity contribution in [1.29, 1.82) is 0 Å². The van der Waals surface area contributed by atoms with Gasteiger partial charge >= 0.3 is 32.7 Å². The second kappa shape index (κ2) is 5.05. The van der Waals surface area contributed by atoms with Crippen LogP contribution in [0.1, 0.15) is 25.0 Å². The Kier molecular flexibility index (Phi) is 3.87. The topological polar surface area (TPSA) is 37.4 Å². The molecule has 1 aliphatic rings. The molecule has 0 saturated heterocycles. The van der Waals surface area contributed by atoms with Crippen molar-refractivity contribution in [2.75, 3.05) is 11.9 Å².